The molecule has 0 unspecified atom stereocenters. The van der Waals surface area contributed by atoms with Crippen LogP contribution in [0.15, 0.2) is 17.1 Å². The van der Waals surface area contributed by atoms with E-state index >= 15 is 0 Å². The topological polar surface area (TPSA) is 93.1 Å². The number of halogens is 2. The van der Waals surface area contributed by atoms with Crippen molar-refractivity contribution in [1.82, 2.24) is 24.6 Å². The number of carbonyl (C=O) groups is 1. The third kappa shape index (κ3) is 3.04. The van der Waals surface area contributed by atoms with E-state index in [0.717, 1.165) is 10.9 Å². The Labute approximate surface area is 135 Å². The lowest BCUT2D eigenvalue weighted by Crippen LogP contribution is -2.41. The predicted molar refractivity (Wildman–Crippen MR) is 78.4 cm³/mol. The first-order valence-electron chi connectivity index (χ1n) is 7.29. The molecule has 2 aromatic heterocycles. The van der Waals surface area contributed by atoms with E-state index in [1.165, 1.54) is 11.0 Å². The van der Waals surface area contributed by atoms with Gasteiger partial charge in [-0.2, -0.15) is 9.78 Å². The van der Waals surface area contributed by atoms with Gasteiger partial charge in [-0.3, -0.25) is 14.6 Å². The van der Waals surface area contributed by atoms with Gasteiger partial charge in [0, 0.05) is 24.8 Å². The summed E-state index contributed by atoms with van der Waals surface area (Å²) in [4.78, 5) is 31.8. The smallest absolute Gasteiger partial charge is 0.281 e. The first kappa shape index (κ1) is 16.2. The molecule has 1 N–H and O–H groups in total. The molecule has 3 rings (SSSR count). The Hall–Kier alpha value is -2.62. The minimum atomic E-state index is -2.96. The molecule has 0 saturated carbocycles. The predicted octanol–water partition coefficient (Wildman–Crippen LogP) is 0.674. The van der Waals surface area contributed by atoms with E-state index in [1.807, 2.05) is 0 Å². The highest BCUT2D eigenvalue weighted by atomic mass is 19.3. The summed E-state index contributed by atoms with van der Waals surface area (Å²) in [6.45, 7) is 2.93. The van der Waals surface area contributed by atoms with Crippen LogP contribution in [0.3, 0.4) is 0 Å². The van der Waals surface area contributed by atoms with Gasteiger partial charge in [0.25, 0.3) is 17.9 Å². The second-order valence-corrected chi connectivity index (χ2v) is 5.27. The van der Waals surface area contributed by atoms with Crippen LogP contribution in [0, 0.1) is 6.92 Å². The molecule has 3 heterocycles. The number of aromatic amines is 1. The van der Waals surface area contributed by atoms with E-state index in [-0.39, 0.29) is 11.5 Å². The molecule has 1 amide bonds. The van der Waals surface area contributed by atoms with Crippen LogP contribution in [-0.4, -0.2) is 56.9 Å². The number of hydrogen-bond donors (Lipinski definition) is 1. The zero-order valence-corrected chi connectivity index (χ0v) is 12.8. The van der Waals surface area contributed by atoms with Gasteiger partial charge in [-0.1, -0.05) is 0 Å². The molecule has 128 valence electrons. The van der Waals surface area contributed by atoms with Gasteiger partial charge in [0.05, 0.1) is 25.0 Å². The Morgan fingerprint density at radius 1 is 1.38 bits per heavy atom. The first-order chi connectivity index (χ1) is 11.5. The van der Waals surface area contributed by atoms with Crippen LogP contribution in [0.4, 0.5) is 8.78 Å². The van der Waals surface area contributed by atoms with Crippen LogP contribution in [-0.2, 0) is 4.74 Å². The number of morpholine rings is 1. The van der Waals surface area contributed by atoms with E-state index in [9.17, 15) is 18.4 Å². The standard InChI is InChI=1S/C14H15F2N5O3/c1-8-6-10(22)19-14(18-8)21-11(12(15)16)9(7-17-21)13(23)20-2-4-24-5-3-20/h6-7,12H,2-5H2,1H3,(H,18,19,22). The SMILES string of the molecule is Cc1cc(=O)[nH]c(-n2ncc(C(=O)N3CCOCC3)c2C(F)F)n1. The number of nitrogens with one attached hydrogen (secondary N) is 1. The lowest BCUT2D eigenvalue weighted by Gasteiger charge is -2.26. The summed E-state index contributed by atoms with van der Waals surface area (Å²) in [7, 11) is 0. The van der Waals surface area contributed by atoms with Gasteiger partial charge in [-0.15, -0.1) is 0 Å². The molecule has 0 bridgehead atoms. The minimum Gasteiger partial charge on any atom is -0.378 e. The number of nitrogens with zero attached hydrogens (tertiary/aromatic N) is 4. The van der Waals surface area contributed by atoms with Gasteiger partial charge in [0.1, 0.15) is 5.69 Å². The molecule has 0 aromatic carbocycles. The number of rotatable bonds is 3. The van der Waals surface area contributed by atoms with Gasteiger partial charge in [-0.25, -0.2) is 13.8 Å². The summed E-state index contributed by atoms with van der Waals surface area (Å²) in [6, 6.07) is 1.23. The summed E-state index contributed by atoms with van der Waals surface area (Å²) < 4.78 is 33.1. The lowest BCUT2D eigenvalue weighted by atomic mass is 10.2. The van der Waals surface area contributed by atoms with Crippen LogP contribution < -0.4 is 5.56 Å². The average Bonchev–Trinajstić information content (AvgIpc) is 2.99. The molecule has 24 heavy (non-hydrogen) atoms. The van der Waals surface area contributed by atoms with E-state index in [4.69, 9.17) is 4.74 Å². The van der Waals surface area contributed by atoms with Crippen molar-refractivity contribution >= 4 is 5.91 Å². The summed E-state index contributed by atoms with van der Waals surface area (Å²) in [5.74, 6) is -0.703. The van der Waals surface area contributed by atoms with Gasteiger partial charge < -0.3 is 9.64 Å². The molecule has 1 aliphatic heterocycles. The van der Waals surface area contributed by atoms with Crippen molar-refractivity contribution in [3.05, 3.63) is 39.6 Å². The van der Waals surface area contributed by atoms with E-state index in [2.05, 4.69) is 15.1 Å². The molecular weight excluding hydrogens is 324 g/mol. The number of alkyl halides is 2. The van der Waals surface area contributed by atoms with Crippen molar-refractivity contribution in [2.75, 3.05) is 26.3 Å². The molecular formula is C14H15F2N5O3. The summed E-state index contributed by atoms with van der Waals surface area (Å²) >= 11 is 0. The zero-order valence-electron chi connectivity index (χ0n) is 12.8. The molecule has 8 nitrogen and oxygen atoms in total. The van der Waals surface area contributed by atoms with Crippen molar-refractivity contribution in [2.24, 2.45) is 0 Å². The van der Waals surface area contributed by atoms with Crippen molar-refractivity contribution in [1.29, 1.82) is 0 Å². The van der Waals surface area contributed by atoms with Gasteiger partial charge >= 0.3 is 0 Å². The van der Waals surface area contributed by atoms with Gasteiger partial charge in [0.15, 0.2) is 0 Å². The monoisotopic (exact) mass is 339 g/mol. The number of H-pyrrole nitrogens is 1. The largest absolute Gasteiger partial charge is 0.378 e. The van der Waals surface area contributed by atoms with Crippen LogP contribution in [0.5, 0.6) is 0 Å². The number of hydrogen-bond acceptors (Lipinski definition) is 5. The highest BCUT2D eigenvalue weighted by Crippen LogP contribution is 2.25. The molecule has 1 aliphatic rings. The van der Waals surface area contributed by atoms with Crippen molar-refractivity contribution in [3.8, 4) is 5.95 Å². The molecule has 1 saturated heterocycles. The number of ether oxygens (including phenoxy) is 1. The fourth-order valence-electron chi connectivity index (χ4n) is 2.50. The Kier molecular flexibility index (Phi) is 4.38. The highest BCUT2D eigenvalue weighted by molar-refractivity contribution is 5.95. The molecule has 0 atom stereocenters. The lowest BCUT2D eigenvalue weighted by molar-refractivity contribution is 0.0297. The number of aromatic nitrogens is 4. The Bertz CT molecular complexity index is 811. The maximum Gasteiger partial charge on any atom is 0.281 e. The minimum absolute atomic E-state index is 0.156. The van der Waals surface area contributed by atoms with E-state index in [1.54, 1.807) is 6.92 Å². The van der Waals surface area contributed by atoms with E-state index < -0.39 is 23.6 Å². The quantitative estimate of drug-likeness (QED) is 0.887. The Morgan fingerprint density at radius 2 is 2.08 bits per heavy atom. The Morgan fingerprint density at radius 3 is 2.71 bits per heavy atom. The van der Waals surface area contributed by atoms with Crippen LogP contribution in [0.1, 0.15) is 28.2 Å². The molecule has 10 heteroatoms. The maximum atomic E-state index is 13.6. The zero-order chi connectivity index (χ0) is 17.3. The summed E-state index contributed by atoms with van der Waals surface area (Å²) in [6.07, 6.45) is -1.89. The first-order valence-corrected chi connectivity index (χ1v) is 7.29. The number of carbonyl (C=O) groups excluding carboxylic acids is 1. The fourth-order valence-corrected chi connectivity index (χ4v) is 2.50. The second kappa shape index (κ2) is 6.48. The van der Waals surface area contributed by atoms with Gasteiger partial charge in [0.2, 0.25) is 5.95 Å². The molecule has 2 aromatic rings. The van der Waals surface area contributed by atoms with Crippen molar-refractivity contribution in [2.45, 2.75) is 13.3 Å². The highest BCUT2D eigenvalue weighted by Gasteiger charge is 2.29. The van der Waals surface area contributed by atoms with Crippen LogP contribution in [0.2, 0.25) is 0 Å². The third-order valence-corrected chi connectivity index (χ3v) is 3.60. The third-order valence-electron chi connectivity index (χ3n) is 3.60. The maximum absolute atomic E-state index is 13.6. The molecule has 0 aliphatic carbocycles. The normalized spacial score (nSPS) is 15.1. The van der Waals surface area contributed by atoms with Crippen LogP contribution >= 0.6 is 0 Å². The molecule has 1 fully saturated rings. The molecule has 0 radical (unpaired) electrons. The van der Waals surface area contributed by atoms with Crippen molar-refractivity contribution < 1.29 is 18.3 Å². The Balaban J connectivity index is 2.04. The molecule has 0 spiro atoms. The summed E-state index contributed by atoms with van der Waals surface area (Å²) in [5.41, 5.74) is -0.948. The second-order valence-electron chi connectivity index (χ2n) is 5.27. The van der Waals surface area contributed by atoms with Gasteiger partial charge in [-0.05, 0) is 6.92 Å². The van der Waals surface area contributed by atoms with E-state index in [0.29, 0.717) is 32.0 Å². The average molecular weight is 339 g/mol. The number of aryl methyl sites for hydroxylation is 1. The summed E-state index contributed by atoms with van der Waals surface area (Å²) in [5, 5.41) is 3.83. The van der Waals surface area contributed by atoms with Crippen LogP contribution in [0.25, 0.3) is 5.95 Å². The number of amides is 1. The van der Waals surface area contributed by atoms with Crippen molar-refractivity contribution in [3.63, 3.8) is 0 Å². The fraction of sp³-hybridized carbons (Fsp3) is 0.429.